The number of nitrogens with two attached hydrogens (primary N) is 1. The monoisotopic (exact) mass is 375 g/mol. The Morgan fingerprint density at radius 1 is 1.15 bits per heavy atom. The number of anilines is 1. The second-order valence-electron chi connectivity index (χ2n) is 6.54. The SMILES string of the molecule is COc1ccc(C2CCC(N=C(N)Nc3ccc(Cl)cc3)CC2)c(F)c1. The molecule has 1 fully saturated rings. The van der Waals surface area contributed by atoms with Crippen molar-refractivity contribution < 1.29 is 9.13 Å². The second-order valence-corrected chi connectivity index (χ2v) is 6.98. The summed E-state index contributed by atoms with van der Waals surface area (Å²) in [5.41, 5.74) is 7.62. The van der Waals surface area contributed by atoms with Crippen LogP contribution in [0.1, 0.15) is 37.2 Å². The number of nitrogens with one attached hydrogen (secondary N) is 1. The van der Waals surface area contributed by atoms with Gasteiger partial charge in [-0.1, -0.05) is 17.7 Å². The summed E-state index contributed by atoms with van der Waals surface area (Å²) >= 11 is 5.87. The lowest BCUT2D eigenvalue weighted by Crippen LogP contribution is -2.27. The van der Waals surface area contributed by atoms with Crippen molar-refractivity contribution >= 4 is 23.2 Å². The predicted molar refractivity (Wildman–Crippen MR) is 105 cm³/mol. The summed E-state index contributed by atoms with van der Waals surface area (Å²) in [6.07, 6.45) is 3.57. The molecule has 1 aliphatic carbocycles. The third-order valence-corrected chi connectivity index (χ3v) is 5.03. The average molecular weight is 376 g/mol. The standard InChI is InChI=1S/C20H23ClFN3O/c1-26-17-10-11-18(19(22)12-17)13-2-6-15(7-3-13)24-20(23)25-16-8-4-14(21)5-9-16/h4-5,8-13,15H,2-3,6-7H2,1H3,(H3,23,24,25). The number of guanidine groups is 1. The summed E-state index contributed by atoms with van der Waals surface area (Å²) < 4.78 is 19.3. The molecule has 0 saturated heterocycles. The number of benzene rings is 2. The van der Waals surface area contributed by atoms with Gasteiger partial charge in [-0.25, -0.2) is 9.38 Å². The van der Waals surface area contributed by atoms with E-state index in [-0.39, 0.29) is 17.8 Å². The molecule has 0 atom stereocenters. The molecule has 3 rings (SSSR count). The van der Waals surface area contributed by atoms with Crippen molar-refractivity contribution in [2.24, 2.45) is 10.7 Å². The van der Waals surface area contributed by atoms with Gasteiger partial charge in [0.2, 0.25) is 0 Å². The van der Waals surface area contributed by atoms with Crippen LogP contribution in [-0.2, 0) is 0 Å². The molecule has 0 unspecified atom stereocenters. The van der Waals surface area contributed by atoms with Crippen LogP contribution in [0, 0.1) is 5.82 Å². The van der Waals surface area contributed by atoms with Gasteiger partial charge in [0.15, 0.2) is 5.96 Å². The molecule has 1 saturated carbocycles. The Hall–Kier alpha value is -2.27. The lowest BCUT2D eigenvalue weighted by molar-refractivity contribution is 0.384. The maximum Gasteiger partial charge on any atom is 0.193 e. The number of hydrogen-bond acceptors (Lipinski definition) is 2. The molecule has 138 valence electrons. The van der Waals surface area contributed by atoms with Crippen molar-refractivity contribution in [1.29, 1.82) is 0 Å². The summed E-state index contributed by atoms with van der Waals surface area (Å²) in [5.74, 6) is 0.968. The van der Waals surface area contributed by atoms with E-state index in [1.165, 1.54) is 6.07 Å². The Labute approximate surface area is 158 Å². The maximum absolute atomic E-state index is 14.3. The van der Waals surface area contributed by atoms with Gasteiger partial charge < -0.3 is 15.8 Å². The highest BCUT2D eigenvalue weighted by atomic mass is 35.5. The van der Waals surface area contributed by atoms with Crippen molar-refractivity contribution in [2.75, 3.05) is 12.4 Å². The number of ether oxygens (including phenoxy) is 1. The van der Waals surface area contributed by atoms with Gasteiger partial charge in [0.25, 0.3) is 0 Å². The molecule has 0 amide bonds. The highest BCUT2D eigenvalue weighted by Crippen LogP contribution is 2.36. The first-order valence-electron chi connectivity index (χ1n) is 8.74. The number of aliphatic imine (C=N–C) groups is 1. The van der Waals surface area contributed by atoms with Crippen molar-refractivity contribution in [2.45, 2.75) is 37.6 Å². The minimum absolute atomic E-state index is 0.160. The van der Waals surface area contributed by atoms with Gasteiger partial charge in [-0.3, -0.25) is 0 Å². The Bertz CT molecular complexity index is 771. The number of halogens is 2. The van der Waals surface area contributed by atoms with Crippen molar-refractivity contribution in [3.63, 3.8) is 0 Å². The van der Waals surface area contributed by atoms with Crippen LogP contribution in [0.15, 0.2) is 47.5 Å². The third kappa shape index (κ3) is 4.67. The van der Waals surface area contributed by atoms with Gasteiger partial charge in [-0.2, -0.15) is 0 Å². The quantitative estimate of drug-likeness (QED) is 0.587. The summed E-state index contributed by atoms with van der Waals surface area (Å²) in [4.78, 5) is 4.57. The molecule has 2 aromatic carbocycles. The van der Waals surface area contributed by atoms with E-state index in [0.717, 1.165) is 36.9 Å². The Balaban J connectivity index is 1.57. The minimum atomic E-state index is -0.194. The number of hydrogen-bond donors (Lipinski definition) is 2. The van der Waals surface area contributed by atoms with Crippen LogP contribution in [0.5, 0.6) is 5.75 Å². The molecule has 0 aromatic heterocycles. The molecule has 0 radical (unpaired) electrons. The van der Waals surface area contributed by atoms with E-state index in [4.69, 9.17) is 22.1 Å². The zero-order valence-corrected chi connectivity index (χ0v) is 15.5. The van der Waals surface area contributed by atoms with Gasteiger partial charge in [-0.05, 0) is 67.5 Å². The molecular formula is C20H23ClFN3O. The third-order valence-electron chi connectivity index (χ3n) is 4.78. The fourth-order valence-electron chi connectivity index (χ4n) is 3.39. The van der Waals surface area contributed by atoms with Gasteiger partial charge >= 0.3 is 0 Å². The Morgan fingerprint density at radius 2 is 1.85 bits per heavy atom. The minimum Gasteiger partial charge on any atom is -0.497 e. The lowest BCUT2D eigenvalue weighted by atomic mass is 9.81. The lowest BCUT2D eigenvalue weighted by Gasteiger charge is -2.27. The topological polar surface area (TPSA) is 59.6 Å². The van der Waals surface area contributed by atoms with E-state index in [1.807, 2.05) is 24.3 Å². The van der Waals surface area contributed by atoms with Crippen molar-refractivity contribution in [3.05, 3.63) is 58.9 Å². The Kier molecular flexibility index (Phi) is 5.99. The van der Waals surface area contributed by atoms with Gasteiger partial charge in [0.1, 0.15) is 11.6 Å². The van der Waals surface area contributed by atoms with Crippen molar-refractivity contribution in [1.82, 2.24) is 0 Å². The zero-order valence-electron chi connectivity index (χ0n) is 14.7. The van der Waals surface area contributed by atoms with Crippen LogP contribution in [0.3, 0.4) is 0 Å². The zero-order chi connectivity index (χ0) is 18.5. The fourth-order valence-corrected chi connectivity index (χ4v) is 3.52. The molecule has 6 heteroatoms. The van der Waals surface area contributed by atoms with E-state index in [1.54, 1.807) is 19.2 Å². The molecule has 1 aliphatic rings. The van der Waals surface area contributed by atoms with Gasteiger partial charge in [-0.15, -0.1) is 0 Å². The van der Waals surface area contributed by atoms with Gasteiger partial charge in [0.05, 0.1) is 13.2 Å². The number of methoxy groups -OCH3 is 1. The molecule has 0 bridgehead atoms. The molecular weight excluding hydrogens is 353 g/mol. The van der Waals surface area contributed by atoms with E-state index in [2.05, 4.69) is 10.3 Å². The van der Waals surface area contributed by atoms with E-state index in [0.29, 0.717) is 16.7 Å². The summed E-state index contributed by atoms with van der Waals surface area (Å²) in [5, 5.41) is 3.75. The highest BCUT2D eigenvalue weighted by molar-refractivity contribution is 6.30. The van der Waals surface area contributed by atoms with Crippen LogP contribution < -0.4 is 15.8 Å². The first-order valence-corrected chi connectivity index (χ1v) is 9.12. The van der Waals surface area contributed by atoms with Crippen molar-refractivity contribution in [3.8, 4) is 5.75 Å². The predicted octanol–water partition coefficient (Wildman–Crippen LogP) is 4.94. The van der Waals surface area contributed by atoms with Crippen LogP contribution in [0.4, 0.5) is 10.1 Å². The first-order chi connectivity index (χ1) is 12.5. The summed E-state index contributed by atoms with van der Waals surface area (Å²) in [7, 11) is 1.54. The molecule has 0 spiro atoms. The van der Waals surface area contributed by atoms with Crippen LogP contribution in [-0.4, -0.2) is 19.1 Å². The second kappa shape index (κ2) is 8.41. The molecule has 2 aromatic rings. The number of nitrogens with zero attached hydrogens (tertiary/aromatic N) is 1. The normalized spacial score (nSPS) is 20.7. The average Bonchev–Trinajstić information content (AvgIpc) is 2.64. The summed E-state index contributed by atoms with van der Waals surface area (Å²) in [6, 6.07) is 12.6. The Morgan fingerprint density at radius 3 is 2.46 bits per heavy atom. The van der Waals surface area contributed by atoms with Crippen LogP contribution in [0.25, 0.3) is 0 Å². The van der Waals surface area contributed by atoms with E-state index < -0.39 is 0 Å². The molecule has 0 aliphatic heterocycles. The molecule has 3 N–H and O–H groups in total. The number of rotatable bonds is 4. The van der Waals surface area contributed by atoms with E-state index >= 15 is 0 Å². The largest absolute Gasteiger partial charge is 0.497 e. The molecule has 26 heavy (non-hydrogen) atoms. The maximum atomic E-state index is 14.3. The highest BCUT2D eigenvalue weighted by Gasteiger charge is 2.24. The molecule has 0 heterocycles. The first kappa shape index (κ1) is 18.5. The van der Waals surface area contributed by atoms with Gasteiger partial charge in [0, 0.05) is 16.8 Å². The smallest absolute Gasteiger partial charge is 0.193 e. The molecule has 4 nitrogen and oxygen atoms in total. The van der Waals surface area contributed by atoms with E-state index in [9.17, 15) is 4.39 Å². The van der Waals surface area contributed by atoms with Crippen LogP contribution in [0.2, 0.25) is 5.02 Å². The van der Waals surface area contributed by atoms with Crippen LogP contribution >= 0.6 is 11.6 Å². The summed E-state index contributed by atoms with van der Waals surface area (Å²) in [6.45, 7) is 0. The fraction of sp³-hybridized carbons (Fsp3) is 0.350.